The zero-order chi connectivity index (χ0) is 17.1. The van der Waals surface area contributed by atoms with Gasteiger partial charge < -0.3 is 9.45 Å². The molecule has 1 heterocycles. The maximum atomic E-state index is 10.7. The maximum Gasteiger partial charge on any atom is 0.485 e. The molecule has 0 aliphatic rings. The minimum absolute atomic E-state index is 1.19. The predicted octanol–water partition coefficient (Wildman–Crippen LogP) is 1.77. The summed E-state index contributed by atoms with van der Waals surface area (Å²) >= 11 is 0. The van der Waals surface area contributed by atoms with Crippen LogP contribution in [0.5, 0.6) is 0 Å². The highest BCUT2D eigenvalue weighted by atomic mass is 32.2. The second-order valence-corrected chi connectivity index (χ2v) is 11.7. The third kappa shape index (κ3) is 6.91. The van der Waals surface area contributed by atoms with Crippen molar-refractivity contribution in [3.8, 4) is 0 Å². The normalized spacial score (nSPS) is 12.4. The Bertz CT molecular complexity index is 552. The molecule has 0 aliphatic heterocycles. The third-order valence-electron chi connectivity index (χ3n) is 2.39. The van der Waals surface area contributed by atoms with Crippen LogP contribution in [0.15, 0.2) is 24.5 Å². The topological polar surface area (TPSA) is 64.3 Å². The van der Waals surface area contributed by atoms with Crippen LogP contribution in [0.4, 0.5) is 18.9 Å². The van der Waals surface area contributed by atoms with Gasteiger partial charge in [-0.3, -0.25) is 4.23 Å². The molecule has 0 unspecified atom stereocenters. The van der Waals surface area contributed by atoms with Crippen LogP contribution in [0, 0.1) is 0 Å². The van der Waals surface area contributed by atoms with Crippen molar-refractivity contribution in [2.24, 2.45) is 0 Å². The summed E-state index contributed by atoms with van der Waals surface area (Å²) in [5.41, 5.74) is -4.39. The zero-order valence-electron chi connectivity index (χ0n) is 12.5. The Morgan fingerprint density at radius 2 is 1.48 bits per heavy atom. The Morgan fingerprint density at radius 1 is 1.14 bits per heavy atom. The molecule has 21 heavy (non-hydrogen) atoms. The minimum Gasteiger partial charge on any atom is -0.741 e. The molecule has 0 aromatic carbocycles. The fourth-order valence-electron chi connectivity index (χ4n) is 1.16. The number of hydrogen-bond acceptors (Lipinski definition) is 4. The molecule has 1 rings (SSSR count). The van der Waals surface area contributed by atoms with Gasteiger partial charge in [0.1, 0.15) is 12.4 Å². The van der Waals surface area contributed by atoms with E-state index >= 15 is 0 Å². The Morgan fingerprint density at radius 3 is 1.67 bits per heavy atom. The largest absolute Gasteiger partial charge is 0.741 e. The molecular weight excluding hydrogens is 325 g/mol. The molecule has 0 aliphatic carbocycles. The van der Waals surface area contributed by atoms with Gasteiger partial charge in [-0.05, 0) is 19.6 Å². The van der Waals surface area contributed by atoms with Crippen molar-refractivity contribution < 1.29 is 30.4 Å². The number of rotatable bonds is 2. The second-order valence-electron chi connectivity index (χ2n) is 5.43. The van der Waals surface area contributed by atoms with E-state index in [4.69, 9.17) is 13.0 Å². The van der Waals surface area contributed by atoms with Gasteiger partial charge in [-0.25, -0.2) is 8.42 Å². The monoisotopic (exact) mass is 344 g/mol. The van der Waals surface area contributed by atoms with Gasteiger partial charge >= 0.3 is 13.7 Å². The lowest BCUT2D eigenvalue weighted by Gasteiger charge is -2.13. The van der Waals surface area contributed by atoms with E-state index in [9.17, 15) is 13.2 Å². The summed E-state index contributed by atoms with van der Waals surface area (Å²) < 4.78 is 61.2. The van der Waals surface area contributed by atoms with Gasteiger partial charge in [0.15, 0.2) is 10.1 Å². The highest BCUT2D eigenvalue weighted by Crippen LogP contribution is 2.20. The molecule has 0 N–H and O–H groups in total. The van der Waals surface area contributed by atoms with Crippen LogP contribution in [-0.4, -0.2) is 40.8 Å². The molecule has 0 radical (unpaired) electrons. The molecule has 0 saturated heterocycles. The van der Waals surface area contributed by atoms with Gasteiger partial charge in [0.25, 0.3) is 0 Å². The molecule has 1 aromatic rings. The van der Waals surface area contributed by atoms with Crippen molar-refractivity contribution >= 4 is 24.0 Å². The van der Waals surface area contributed by atoms with Crippen LogP contribution in [0.25, 0.3) is 0 Å². The van der Waals surface area contributed by atoms with Crippen LogP contribution in [0.3, 0.4) is 0 Å². The first-order valence-corrected chi connectivity index (χ1v) is 10.7. The molecular formula is C11H19F3N2O3SSi. The first kappa shape index (κ1) is 19.9. The number of hydrogen-bond donors (Lipinski definition) is 0. The molecule has 0 atom stereocenters. The van der Waals surface area contributed by atoms with Crippen molar-refractivity contribution in [1.29, 1.82) is 0 Å². The summed E-state index contributed by atoms with van der Waals surface area (Å²) in [6, 6.07) is 4.33. The summed E-state index contributed by atoms with van der Waals surface area (Å²) in [7, 11) is -3.16. The average molecular weight is 344 g/mol. The van der Waals surface area contributed by atoms with Gasteiger partial charge in [-0.1, -0.05) is 0 Å². The van der Waals surface area contributed by atoms with E-state index in [1.807, 2.05) is 0 Å². The number of halogens is 3. The highest BCUT2D eigenvalue weighted by molar-refractivity contribution is 7.86. The van der Waals surface area contributed by atoms with Crippen molar-refractivity contribution in [3.05, 3.63) is 24.5 Å². The van der Waals surface area contributed by atoms with E-state index in [0.29, 0.717) is 0 Å². The minimum atomic E-state index is -6.09. The van der Waals surface area contributed by atoms with Crippen LogP contribution >= 0.6 is 0 Å². The van der Waals surface area contributed by atoms with Gasteiger partial charge in [0.05, 0.1) is 0 Å². The van der Waals surface area contributed by atoms with Crippen LogP contribution in [-0.2, 0) is 10.1 Å². The first-order chi connectivity index (χ1) is 9.16. The quantitative estimate of drug-likeness (QED) is 0.466. The van der Waals surface area contributed by atoms with E-state index in [1.54, 1.807) is 0 Å². The summed E-state index contributed by atoms with van der Waals surface area (Å²) in [5, 5.41) is 0. The average Bonchev–Trinajstić information content (AvgIpc) is 2.26. The maximum absolute atomic E-state index is 10.7. The smallest absolute Gasteiger partial charge is 0.485 e. The van der Waals surface area contributed by atoms with Crippen LogP contribution in [0.1, 0.15) is 0 Å². The molecule has 0 bridgehead atoms. The lowest BCUT2D eigenvalue weighted by atomic mass is 10.4. The van der Waals surface area contributed by atoms with E-state index < -0.39 is 23.9 Å². The van der Waals surface area contributed by atoms with E-state index in [-0.39, 0.29) is 0 Å². The summed E-state index contributed by atoms with van der Waals surface area (Å²) in [6.45, 7) is 7.01. The summed E-state index contributed by atoms with van der Waals surface area (Å²) in [6.07, 6.45) is 4.36. The Balaban J connectivity index is 0.000000433. The number of pyridine rings is 1. The van der Waals surface area contributed by atoms with Gasteiger partial charge in [-0.2, -0.15) is 13.2 Å². The molecule has 122 valence electrons. The zero-order valence-corrected chi connectivity index (χ0v) is 14.3. The van der Waals surface area contributed by atoms with E-state index in [0.717, 1.165) is 0 Å². The molecule has 0 saturated carbocycles. The van der Waals surface area contributed by atoms with Crippen LogP contribution in [0.2, 0.25) is 19.6 Å². The second kappa shape index (κ2) is 6.75. The predicted molar refractivity (Wildman–Crippen MR) is 75.5 cm³/mol. The lowest BCUT2D eigenvalue weighted by Crippen LogP contribution is -2.57. The van der Waals surface area contributed by atoms with Gasteiger partial charge in [0, 0.05) is 31.9 Å². The molecule has 0 spiro atoms. The van der Waals surface area contributed by atoms with Gasteiger partial charge in [0.2, 0.25) is 0 Å². The molecule has 0 fully saturated rings. The van der Waals surface area contributed by atoms with Crippen LogP contribution < -0.4 is 9.13 Å². The third-order valence-corrected chi connectivity index (χ3v) is 4.80. The first-order valence-electron chi connectivity index (χ1n) is 5.87. The number of aromatic nitrogens is 1. The van der Waals surface area contributed by atoms with E-state index in [1.165, 1.54) is 5.69 Å². The SMILES string of the molecule is CN(C)c1cc[n+]([Si](C)(C)C)cc1.O=S(=O)([O-])C(F)(F)F. The van der Waals surface area contributed by atoms with Crippen molar-refractivity contribution in [2.75, 3.05) is 19.0 Å². The molecule has 1 aromatic heterocycles. The fraction of sp³-hybridized carbons (Fsp3) is 0.545. The molecule has 10 heteroatoms. The Kier molecular flexibility index (Phi) is 6.39. The van der Waals surface area contributed by atoms with E-state index in [2.05, 4.69) is 67.4 Å². The lowest BCUT2D eigenvalue weighted by molar-refractivity contribution is -0.545. The fourth-order valence-corrected chi connectivity index (χ4v) is 2.21. The summed E-state index contributed by atoms with van der Waals surface area (Å²) in [4.78, 5) is 2.12. The number of nitrogens with zero attached hydrogens (tertiary/aromatic N) is 2. The Hall–Kier alpha value is -1.13. The Labute approximate surface area is 123 Å². The summed E-state index contributed by atoms with van der Waals surface area (Å²) in [5.74, 6) is 0. The van der Waals surface area contributed by atoms with Gasteiger partial charge in [-0.15, -0.1) is 0 Å². The molecule has 5 nitrogen and oxygen atoms in total. The number of alkyl halides is 3. The van der Waals surface area contributed by atoms with Crippen molar-refractivity contribution in [1.82, 2.24) is 0 Å². The number of anilines is 1. The standard InChI is InChI=1S/C10H19N2Si.CHF3O3S/c1-11(2)10-6-8-12(9-7-10)13(3,4)5;2-1(3,4)8(5,6)7/h6-9H,1-5H3;(H,5,6,7)/q+1;/p-1. The van der Waals surface area contributed by atoms with Crippen molar-refractivity contribution in [3.63, 3.8) is 0 Å². The van der Waals surface area contributed by atoms with Crippen molar-refractivity contribution in [2.45, 2.75) is 25.1 Å². The molecule has 0 amide bonds. The highest BCUT2D eigenvalue weighted by Gasteiger charge is 2.36.